The summed E-state index contributed by atoms with van der Waals surface area (Å²) in [6, 6.07) is 9.57. The summed E-state index contributed by atoms with van der Waals surface area (Å²) in [5, 5.41) is 3.70. The molecule has 0 amide bonds. The molecule has 5 rings (SSSR count). The number of rotatable bonds is 2. The second-order valence-electron chi connectivity index (χ2n) is 8.09. The Hall–Kier alpha value is -3.16. The zero-order chi connectivity index (χ0) is 21.8. The Morgan fingerprint density at radius 2 is 1.84 bits per heavy atom. The number of halogens is 3. The highest BCUT2D eigenvalue weighted by Crippen LogP contribution is 2.41. The number of anilines is 1. The first kappa shape index (κ1) is 19.8. The lowest BCUT2D eigenvalue weighted by Crippen LogP contribution is -2.32. The summed E-state index contributed by atoms with van der Waals surface area (Å²) in [4.78, 5) is 11.5. The molecule has 5 nitrogen and oxygen atoms in total. The van der Waals surface area contributed by atoms with Crippen molar-refractivity contribution in [3.63, 3.8) is 0 Å². The van der Waals surface area contributed by atoms with Gasteiger partial charge in [-0.15, -0.1) is 0 Å². The molecular weight excluding hydrogens is 403 g/mol. The third kappa shape index (κ3) is 3.30. The summed E-state index contributed by atoms with van der Waals surface area (Å²) in [5.41, 5.74) is 3.78. The van der Waals surface area contributed by atoms with Gasteiger partial charge >= 0.3 is 6.18 Å². The van der Waals surface area contributed by atoms with Crippen LogP contribution >= 0.6 is 0 Å². The van der Waals surface area contributed by atoms with Crippen LogP contribution in [0.25, 0.3) is 11.1 Å². The van der Waals surface area contributed by atoms with Crippen molar-refractivity contribution in [3.8, 4) is 11.1 Å². The van der Waals surface area contributed by atoms with Gasteiger partial charge in [0.15, 0.2) is 5.69 Å². The average Bonchev–Trinajstić information content (AvgIpc) is 3.16. The minimum atomic E-state index is -4.51. The molecule has 3 aromatic rings. The number of aliphatic imine (C=N–C) groups is 1. The van der Waals surface area contributed by atoms with Gasteiger partial charge in [-0.3, -0.25) is 9.67 Å². The van der Waals surface area contributed by atoms with Gasteiger partial charge in [0, 0.05) is 62.2 Å². The van der Waals surface area contributed by atoms with Crippen LogP contribution in [-0.2, 0) is 19.6 Å². The Morgan fingerprint density at radius 1 is 1.03 bits per heavy atom. The molecule has 160 valence electrons. The predicted octanol–water partition coefficient (Wildman–Crippen LogP) is 4.47. The quantitative estimate of drug-likeness (QED) is 0.609. The van der Waals surface area contributed by atoms with Crippen LogP contribution in [0.4, 0.5) is 19.0 Å². The lowest BCUT2D eigenvalue weighted by Gasteiger charge is -2.34. The van der Waals surface area contributed by atoms with Crippen LogP contribution < -0.4 is 4.90 Å². The van der Waals surface area contributed by atoms with Gasteiger partial charge < -0.3 is 4.90 Å². The number of nitrogens with zero attached hydrogens (tertiary/aromatic N) is 5. The van der Waals surface area contributed by atoms with Crippen molar-refractivity contribution in [2.45, 2.75) is 24.9 Å². The molecule has 1 atom stereocenters. The van der Waals surface area contributed by atoms with Crippen LogP contribution in [0.1, 0.15) is 34.7 Å². The van der Waals surface area contributed by atoms with E-state index in [1.54, 1.807) is 12.3 Å². The zero-order valence-corrected chi connectivity index (χ0v) is 17.3. The van der Waals surface area contributed by atoms with Crippen LogP contribution in [0, 0.1) is 0 Å². The van der Waals surface area contributed by atoms with E-state index < -0.39 is 11.9 Å². The van der Waals surface area contributed by atoms with Gasteiger partial charge in [-0.1, -0.05) is 24.3 Å². The maximum Gasteiger partial charge on any atom is 0.435 e. The number of benzene rings is 1. The van der Waals surface area contributed by atoms with Crippen LogP contribution in [0.2, 0.25) is 0 Å². The van der Waals surface area contributed by atoms with Crippen molar-refractivity contribution < 1.29 is 13.2 Å². The average molecular weight is 425 g/mol. The van der Waals surface area contributed by atoms with Crippen LogP contribution in [-0.4, -0.2) is 40.6 Å². The van der Waals surface area contributed by atoms with Crippen molar-refractivity contribution in [1.29, 1.82) is 0 Å². The van der Waals surface area contributed by atoms with Crippen molar-refractivity contribution in [2.24, 2.45) is 12.0 Å². The SMILES string of the molecule is CN1CCC(C2=NCCc3c2cccc3-c2cn(C)nc2C(F)(F)F)c2cccnc21. The molecule has 2 aliphatic heterocycles. The summed E-state index contributed by atoms with van der Waals surface area (Å²) in [6.07, 6.45) is 0.224. The van der Waals surface area contributed by atoms with E-state index in [1.165, 1.54) is 17.9 Å². The molecule has 0 spiro atoms. The Balaban J connectivity index is 1.63. The molecule has 0 radical (unpaired) electrons. The molecule has 0 saturated carbocycles. The Kier molecular flexibility index (Phi) is 4.60. The summed E-state index contributed by atoms with van der Waals surface area (Å²) in [5.74, 6) is 1.02. The molecule has 0 aliphatic carbocycles. The van der Waals surface area contributed by atoms with Gasteiger partial charge in [-0.25, -0.2) is 4.98 Å². The molecule has 0 saturated heterocycles. The summed E-state index contributed by atoms with van der Waals surface area (Å²) in [7, 11) is 3.54. The van der Waals surface area contributed by atoms with Gasteiger partial charge in [-0.2, -0.15) is 18.3 Å². The minimum Gasteiger partial charge on any atom is -0.359 e. The number of hydrogen-bond acceptors (Lipinski definition) is 4. The van der Waals surface area contributed by atoms with Crippen molar-refractivity contribution >= 4 is 11.5 Å². The highest BCUT2D eigenvalue weighted by molar-refractivity contribution is 6.08. The van der Waals surface area contributed by atoms with Crippen LogP contribution in [0.3, 0.4) is 0 Å². The van der Waals surface area contributed by atoms with Gasteiger partial charge in [-0.05, 0) is 30.0 Å². The Morgan fingerprint density at radius 3 is 2.65 bits per heavy atom. The first-order chi connectivity index (χ1) is 14.8. The van der Waals surface area contributed by atoms with Crippen LogP contribution in [0.15, 0.2) is 47.7 Å². The third-order valence-electron chi connectivity index (χ3n) is 6.12. The predicted molar refractivity (Wildman–Crippen MR) is 114 cm³/mol. The van der Waals surface area contributed by atoms with E-state index >= 15 is 0 Å². The van der Waals surface area contributed by atoms with Crippen molar-refractivity contribution in [1.82, 2.24) is 14.8 Å². The van der Waals surface area contributed by atoms with E-state index in [9.17, 15) is 13.2 Å². The fourth-order valence-corrected chi connectivity index (χ4v) is 4.78. The summed E-state index contributed by atoms with van der Waals surface area (Å²) in [6.45, 7) is 1.41. The minimum absolute atomic E-state index is 0.0742. The second-order valence-corrected chi connectivity index (χ2v) is 8.09. The molecule has 4 heterocycles. The molecular formula is C23H22F3N5. The molecule has 2 aromatic heterocycles. The maximum atomic E-state index is 13.6. The van der Waals surface area contributed by atoms with E-state index in [2.05, 4.69) is 21.0 Å². The molecule has 31 heavy (non-hydrogen) atoms. The molecule has 0 bridgehead atoms. The first-order valence-corrected chi connectivity index (χ1v) is 10.3. The van der Waals surface area contributed by atoms with E-state index in [1.807, 2.05) is 25.2 Å². The fourth-order valence-electron chi connectivity index (χ4n) is 4.78. The monoisotopic (exact) mass is 425 g/mol. The number of alkyl halides is 3. The molecule has 2 aliphatic rings. The normalized spacial score (nSPS) is 18.4. The number of fused-ring (bicyclic) bond motifs is 2. The zero-order valence-electron chi connectivity index (χ0n) is 17.3. The second kappa shape index (κ2) is 7.21. The molecule has 8 heteroatoms. The number of aryl methyl sites for hydroxylation is 1. The smallest absolute Gasteiger partial charge is 0.359 e. The molecule has 0 fully saturated rings. The van der Waals surface area contributed by atoms with Crippen molar-refractivity contribution in [2.75, 3.05) is 25.0 Å². The van der Waals surface area contributed by atoms with Gasteiger partial charge in [0.05, 0.1) is 5.71 Å². The standard InChI is InChI=1S/C23H22F3N5/c1-30-12-9-17(18-7-4-10-28-22(18)30)20-16-6-3-5-14(15(16)8-11-27-20)19-13-31(2)29-21(19)23(24,25)26/h3-7,10,13,17H,8-9,11-12H2,1-2H3. The lowest BCUT2D eigenvalue weighted by molar-refractivity contribution is -0.140. The van der Waals surface area contributed by atoms with Crippen LogP contribution in [0.5, 0.6) is 0 Å². The van der Waals surface area contributed by atoms with Gasteiger partial charge in [0.2, 0.25) is 0 Å². The van der Waals surface area contributed by atoms with Gasteiger partial charge in [0.25, 0.3) is 0 Å². The Labute approximate surface area is 178 Å². The number of pyridine rings is 1. The largest absolute Gasteiger partial charge is 0.435 e. The highest BCUT2D eigenvalue weighted by Gasteiger charge is 2.38. The number of aromatic nitrogens is 3. The third-order valence-corrected chi connectivity index (χ3v) is 6.12. The summed E-state index contributed by atoms with van der Waals surface area (Å²) < 4.78 is 42.1. The summed E-state index contributed by atoms with van der Waals surface area (Å²) >= 11 is 0. The Bertz CT molecular complexity index is 1180. The molecule has 0 N–H and O–H groups in total. The topological polar surface area (TPSA) is 46.3 Å². The van der Waals surface area contributed by atoms with Gasteiger partial charge in [0.1, 0.15) is 5.82 Å². The van der Waals surface area contributed by atoms with Crippen molar-refractivity contribution in [3.05, 3.63) is 65.1 Å². The van der Waals surface area contributed by atoms with E-state index in [0.29, 0.717) is 18.5 Å². The maximum absolute atomic E-state index is 13.6. The van der Waals surface area contributed by atoms with E-state index in [0.717, 1.165) is 41.2 Å². The highest BCUT2D eigenvalue weighted by atomic mass is 19.4. The van der Waals surface area contributed by atoms with E-state index in [-0.39, 0.29) is 11.5 Å². The first-order valence-electron chi connectivity index (χ1n) is 10.3. The molecule has 1 aromatic carbocycles. The van der Waals surface area contributed by atoms with E-state index in [4.69, 9.17) is 4.99 Å². The molecule has 1 unspecified atom stereocenters. The lowest BCUT2D eigenvalue weighted by atomic mass is 9.80. The number of hydrogen-bond donors (Lipinski definition) is 0. The fraction of sp³-hybridized carbons (Fsp3) is 0.348.